The smallest absolute Gasteiger partial charge is 0.247 e. The van der Waals surface area contributed by atoms with Crippen LogP contribution >= 0.6 is 0 Å². The maximum atomic E-state index is 14.0. The number of aryl methyl sites for hydroxylation is 2. The van der Waals surface area contributed by atoms with Crippen LogP contribution in [0, 0.1) is 6.92 Å². The Labute approximate surface area is 188 Å². The fraction of sp³-hybridized carbons (Fsp3) is 0.417. The van der Waals surface area contributed by atoms with Gasteiger partial charge in [0.25, 0.3) is 0 Å². The van der Waals surface area contributed by atoms with Gasteiger partial charge in [0.1, 0.15) is 5.54 Å². The van der Waals surface area contributed by atoms with Gasteiger partial charge < -0.3 is 9.80 Å². The average Bonchev–Trinajstić information content (AvgIpc) is 3.25. The average molecular weight is 432 g/mol. The van der Waals surface area contributed by atoms with Gasteiger partial charge in [-0.2, -0.15) is 10.2 Å². The lowest BCUT2D eigenvalue weighted by atomic mass is 9.82. The molecule has 1 amide bonds. The van der Waals surface area contributed by atoms with Crippen molar-refractivity contribution < 1.29 is 4.79 Å². The number of amides is 1. The number of aromatic nitrogens is 4. The molecule has 166 valence electrons. The lowest BCUT2D eigenvalue weighted by molar-refractivity contribution is -0.136. The minimum absolute atomic E-state index is 0.183. The van der Waals surface area contributed by atoms with Gasteiger partial charge >= 0.3 is 0 Å². The summed E-state index contributed by atoms with van der Waals surface area (Å²) in [5, 5.41) is 12.9. The molecule has 2 saturated heterocycles. The first-order valence-electron chi connectivity index (χ1n) is 11.2. The highest BCUT2D eigenvalue weighted by molar-refractivity contribution is 6.01. The van der Waals surface area contributed by atoms with Crippen LogP contribution in [0.15, 0.2) is 54.9 Å². The van der Waals surface area contributed by atoms with E-state index in [0.29, 0.717) is 6.54 Å². The van der Waals surface area contributed by atoms with Gasteiger partial charge in [-0.05, 0) is 37.5 Å². The predicted molar refractivity (Wildman–Crippen MR) is 123 cm³/mol. The second-order valence-electron chi connectivity index (χ2n) is 8.79. The van der Waals surface area contributed by atoms with Gasteiger partial charge in [-0.15, -0.1) is 5.10 Å². The third kappa shape index (κ3) is 3.75. The van der Waals surface area contributed by atoms with Crippen molar-refractivity contribution in [2.24, 2.45) is 7.05 Å². The van der Waals surface area contributed by atoms with Gasteiger partial charge in [0.15, 0.2) is 5.82 Å². The molecule has 2 fully saturated rings. The third-order valence-corrected chi connectivity index (χ3v) is 6.76. The van der Waals surface area contributed by atoms with Crippen LogP contribution in [0.25, 0.3) is 0 Å². The van der Waals surface area contributed by atoms with Crippen LogP contribution in [0.2, 0.25) is 0 Å². The van der Waals surface area contributed by atoms with Gasteiger partial charge in [0.05, 0.1) is 17.6 Å². The van der Waals surface area contributed by atoms with E-state index in [-0.39, 0.29) is 5.91 Å². The maximum Gasteiger partial charge on any atom is 0.247 e. The van der Waals surface area contributed by atoms with Gasteiger partial charge in [-0.1, -0.05) is 30.3 Å². The molecule has 0 atom stereocenters. The van der Waals surface area contributed by atoms with Crippen LogP contribution < -0.4 is 9.80 Å². The van der Waals surface area contributed by atoms with Gasteiger partial charge in [0.2, 0.25) is 5.91 Å². The second kappa shape index (κ2) is 8.35. The number of piperidine rings is 1. The van der Waals surface area contributed by atoms with E-state index in [1.165, 1.54) is 5.56 Å². The van der Waals surface area contributed by atoms with Crippen molar-refractivity contribution in [3.63, 3.8) is 0 Å². The summed E-state index contributed by atoms with van der Waals surface area (Å²) < 4.78 is 1.75. The molecule has 2 aliphatic rings. The summed E-state index contributed by atoms with van der Waals surface area (Å²) >= 11 is 0. The molecule has 0 unspecified atom stereocenters. The molecule has 0 radical (unpaired) electrons. The van der Waals surface area contributed by atoms with Crippen molar-refractivity contribution in [1.82, 2.24) is 24.9 Å². The Bertz CT molecular complexity index is 1070. The number of piperazine rings is 1. The van der Waals surface area contributed by atoms with Crippen molar-refractivity contribution in [1.29, 1.82) is 0 Å². The normalized spacial score (nSPS) is 19.0. The number of carbonyl (C=O) groups excluding carboxylic acids is 1. The number of anilines is 2. The monoisotopic (exact) mass is 431 g/mol. The molecular formula is C24H29N7O. The summed E-state index contributed by atoms with van der Waals surface area (Å²) in [5.74, 6) is 1.06. The molecule has 1 spiro atoms. The Morgan fingerprint density at radius 1 is 0.969 bits per heavy atom. The first kappa shape index (κ1) is 20.6. The van der Waals surface area contributed by atoms with Crippen molar-refractivity contribution >= 4 is 17.4 Å². The van der Waals surface area contributed by atoms with E-state index in [2.05, 4.69) is 49.4 Å². The zero-order chi connectivity index (χ0) is 22.1. The summed E-state index contributed by atoms with van der Waals surface area (Å²) in [6.07, 6.45) is 5.22. The number of hydrogen-bond acceptors (Lipinski definition) is 6. The Balaban J connectivity index is 1.42. The number of carbonyl (C=O) groups is 1. The van der Waals surface area contributed by atoms with E-state index in [1.807, 2.05) is 43.3 Å². The quantitative estimate of drug-likeness (QED) is 0.632. The van der Waals surface area contributed by atoms with Crippen LogP contribution in [-0.4, -0.2) is 62.5 Å². The fourth-order valence-corrected chi connectivity index (χ4v) is 4.95. The summed E-state index contributed by atoms with van der Waals surface area (Å²) in [4.78, 5) is 20.6. The molecule has 4 heterocycles. The summed E-state index contributed by atoms with van der Waals surface area (Å²) in [6, 6.07) is 14.5. The van der Waals surface area contributed by atoms with E-state index in [9.17, 15) is 4.79 Å². The molecule has 32 heavy (non-hydrogen) atoms. The molecule has 0 bridgehead atoms. The number of benzene rings is 1. The van der Waals surface area contributed by atoms with Gasteiger partial charge in [-0.25, -0.2) is 0 Å². The second-order valence-corrected chi connectivity index (χ2v) is 8.79. The summed E-state index contributed by atoms with van der Waals surface area (Å²) in [5.41, 5.74) is 2.49. The van der Waals surface area contributed by atoms with E-state index < -0.39 is 5.54 Å². The Kier molecular flexibility index (Phi) is 5.38. The van der Waals surface area contributed by atoms with E-state index in [4.69, 9.17) is 0 Å². The van der Waals surface area contributed by atoms with Crippen molar-refractivity contribution in [3.05, 3.63) is 66.1 Å². The SMILES string of the molecule is Cc1ccc(N2CCC3(CC2)C(=O)N(c2cnn(C)c2)CCN3Cc2ccccc2)nn1. The van der Waals surface area contributed by atoms with Crippen LogP contribution in [0.4, 0.5) is 11.5 Å². The summed E-state index contributed by atoms with van der Waals surface area (Å²) in [6.45, 7) is 5.77. The van der Waals surface area contributed by atoms with Crippen molar-refractivity contribution in [3.8, 4) is 0 Å². The standard InChI is InChI=1S/C24H29N7O/c1-19-8-9-22(27-26-19)29-12-10-24(11-13-29)23(32)31(21-16-25-28(2)18-21)15-14-30(24)17-20-6-4-3-5-7-20/h3-9,16,18H,10-15,17H2,1-2H3. The number of rotatable bonds is 4. The Hall–Kier alpha value is -3.26. The van der Waals surface area contributed by atoms with Crippen LogP contribution in [0.3, 0.4) is 0 Å². The molecule has 2 aromatic heterocycles. The molecule has 3 aromatic rings. The summed E-state index contributed by atoms with van der Waals surface area (Å²) in [7, 11) is 1.89. The highest BCUT2D eigenvalue weighted by Gasteiger charge is 2.51. The first-order chi connectivity index (χ1) is 15.5. The van der Waals surface area contributed by atoms with Crippen LogP contribution in [-0.2, 0) is 18.4 Å². The zero-order valence-electron chi connectivity index (χ0n) is 18.7. The molecule has 8 nitrogen and oxygen atoms in total. The molecule has 0 N–H and O–H groups in total. The largest absolute Gasteiger partial charge is 0.355 e. The van der Waals surface area contributed by atoms with Crippen molar-refractivity contribution in [2.45, 2.75) is 31.8 Å². The Morgan fingerprint density at radius 2 is 1.75 bits per heavy atom. The molecule has 5 rings (SSSR count). The predicted octanol–water partition coefficient (Wildman–Crippen LogP) is 2.41. The number of hydrogen-bond donors (Lipinski definition) is 0. The van der Waals surface area contributed by atoms with Crippen LogP contribution in [0.1, 0.15) is 24.1 Å². The molecular weight excluding hydrogens is 402 g/mol. The van der Waals surface area contributed by atoms with Crippen molar-refractivity contribution in [2.75, 3.05) is 36.0 Å². The first-order valence-corrected chi connectivity index (χ1v) is 11.2. The third-order valence-electron chi connectivity index (χ3n) is 6.76. The highest BCUT2D eigenvalue weighted by Crippen LogP contribution is 2.37. The van der Waals surface area contributed by atoms with E-state index in [1.54, 1.807) is 10.9 Å². The minimum Gasteiger partial charge on any atom is -0.355 e. The van der Waals surface area contributed by atoms with Crippen LogP contribution in [0.5, 0.6) is 0 Å². The minimum atomic E-state index is -0.529. The molecule has 2 aliphatic heterocycles. The van der Waals surface area contributed by atoms with E-state index in [0.717, 1.165) is 56.2 Å². The lowest BCUT2D eigenvalue weighted by Crippen LogP contribution is -2.68. The highest BCUT2D eigenvalue weighted by atomic mass is 16.2. The number of nitrogens with zero attached hydrogens (tertiary/aromatic N) is 7. The fourth-order valence-electron chi connectivity index (χ4n) is 4.95. The maximum absolute atomic E-state index is 14.0. The molecule has 8 heteroatoms. The van der Waals surface area contributed by atoms with Gasteiger partial charge in [0, 0.05) is 46.0 Å². The van der Waals surface area contributed by atoms with Gasteiger partial charge in [-0.3, -0.25) is 14.4 Å². The topological polar surface area (TPSA) is 70.4 Å². The lowest BCUT2D eigenvalue weighted by Gasteiger charge is -2.52. The molecule has 0 saturated carbocycles. The zero-order valence-corrected chi connectivity index (χ0v) is 18.7. The Morgan fingerprint density at radius 3 is 2.41 bits per heavy atom. The molecule has 0 aliphatic carbocycles. The van der Waals surface area contributed by atoms with E-state index >= 15 is 0 Å². The molecule has 1 aromatic carbocycles.